The molecule has 0 spiro atoms. The topological polar surface area (TPSA) is 69.4 Å². The van der Waals surface area contributed by atoms with Crippen molar-refractivity contribution in [3.63, 3.8) is 0 Å². The van der Waals surface area contributed by atoms with Gasteiger partial charge in [-0.05, 0) is 24.6 Å². The zero-order valence-electron chi connectivity index (χ0n) is 10.9. The van der Waals surface area contributed by atoms with E-state index in [0.717, 1.165) is 18.2 Å². The molecule has 2 N–H and O–H groups in total. The van der Waals surface area contributed by atoms with Gasteiger partial charge in [0.05, 0.1) is 23.6 Å². The molecule has 1 aromatic rings. The normalized spacial score (nSPS) is 12.4. The van der Waals surface area contributed by atoms with Crippen molar-refractivity contribution in [2.75, 3.05) is 23.8 Å². The maximum absolute atomic E-state index is 12.4. The summed E-state index contributed by atoms with van der Waals surface area (Å²) in [7, 11) is -3.07. The summed E-state index contributed by atoms with van der Waals surface area (Å²) >= 11 is 0. The van der Waals surface area contributed by atoms with Crippen molar-refractivity contribution in [2.45, 2.75) is 19.5 Å². The molecule has 114 valence electrons. The van der Waals surface area contributed by atoms with Gasteiger partial charge in [-0.1, -0.05) is 6.92 Å². The maximum atomic E-state index is 12.4. The van der Waals surface area contributed by atoms with Crippen molar-refractivity contribution in [3.05, 3.63) is 23.8 Å². The average Bonchev–Trinajstić information content (AvgIpc) is 2.35. The number of alkyl halides is 3. The van der Waals surface area contributed by atoms with Gasteiger partial charge in [0.15, 0.2) is 0 Å². The fourth-order valence-electron chi connectivity index (χ4n) is 1.46. The number of rotatable bonds is 6. The second kappa shape index (κ2) is 6.34. The molecule has 0 amide bonds. The van der Waals surface area contributed by atoms with Gasteiger partial charge >= 0.3 is 6.18 Å². The third-order valence-electron chi connectivity index (χ3n) is 2.63. The van der Waals surface area contributed by atoms with E-state index in [1.54, 1.807) is 6.92 Å². The standard InChI is InChI=1S/C12H16F3NO3S/c1-2-20(17,18)7-3-6-19-11-5-4-9(8-10(11)16)12(13,14)15/h4-5,8H,2-3,6-7,16H2,1H3. The van der Waals surface area contributed by atoms with Crippen LogP contribution in [0.25, 0.3) is 0 Å². The average molecular weight is 311 g/mol. The molecular formula is C12H16F3NO3S. The molecule has 20 heavy (non-hydrogen) atoms. The molecule has 0 aromatic heterocycles. The molecule has 0 saturated carbocycles. The van der Waals surface area contributed by atoms with E-state index in [1.807, 2.05) is 0 Å². The van der Waals surface area contributed by atoms with Crippen LogP contribution < -0.4 is 10.5 Å². The minimum absolute atomic E-state index is 0.0238. The van der Waals surface area contributed by atoms with Gasteiger partial charge in [-0.25, -0.2) is 8.42 Å². The Balaban J connectivity index is 2.58. The van der Waals surface area contributed by atoms with Crippen LogP contribution in [0.15, 0.2) is 18.2 Å². The number of benzene rings is 1. The van der Waals surface area contributed by atoms with Crippen molar-refractivity contribution >= 4 is 15.5 Å². The van der Waals surface area contributed by atoms with Gasteiger partial charge in [-0.2, -0.15) is 13.2 Å². The van der Waals surface area contributed by atoms with E-state index >= 15 is 0 Å². The van der Waals surface area contributed by atoms with Crippen molar-refractivity contribution < 1.29 is 26.3 Å². The van der Waals surface area contributed by atoms with Gasteiger partial charge in [0.2, 0.25) is 0 Å². The predicted molar refractivity (Wildman–Crippen MR) is 70.3 cm³/mol. The number of sulfone groups is 1. The number of nitrogens with two attached hydrogens (primary N) is 1. The largest absolute Gasteiger partial charge is 0.491 e. The van der Waals surface area contributed by atoms with E-state index < -0.39 is 21.6 Å². The molecule has 0 bridgehead atoms. The van der Waals surface area contributed by atoms with E-state index in [1.165, 1.54) is 0 Å². The van der Waals surface area contributed by atoms with Crippen LogP contribution in [0, 0.1) is 0 Å². The summed E-state index contributed by atoms with van der Waals surface area (Å²) in [5.41, 5.74) is 4.49. The number of hydrogen-bond acceptors (Lipinski definition) is 4. The molecule has 0 saturated heterocycles. The van der Waals surface area contributed by atoms with Gasteiger partial charge < -0.3 is 10.5 Å². The van der Waals surface area contributed by atoms with E-state index in [-0.39, 0.29) is 36.0 Å². The first-order chi connectivity index (χ1) is 9.15. The predicted octanol–water partition coefficient (Wildman–Crippen LogP) is 2.49. The highest BCUT2D eigenvalue weighted by Crippen LogP contribution is 2.33. The molecule has 1 rings (SSSR count). The van der Waals surface area contributed by atoms with Crippen molar-refractivity contribution in [2.24, 2.45) is 0 Å². The molecular weight excluding hydrogens is 295 g/mol. The van der Waals surface area contributed by atoms with Crippen LogP contribution in [-0.2, 0) is 16.0 Å². The number of anilines is 1. The highest BCUT2D eigenvalue weighted by molar-refractivity contribution is 7.91. The SMILES string of the molecule is CCS(=O)(=O)CCCOc1ccc(C(F)(F)F)cc1N. The van der Waals surface area contributed by atoms with Crippen LogP contribution in [0.1, 0.15) is 18.9 Å². The Labute approximate surface area is 115 Å². The van der Waals surface area contributed by atoms with E-state index in [0.29, 0.717) is 0 Å². The lowest BCUT2D eigenvalue weighted by Gasteiger charge is -2.12. The van der Waals surface area contributed by atoms with Crippen molar-refractivity contribution in [3.8, 4) is 5.75 Å². The van der Waals surface area contributed by atoms with Crippen molar-refractivity contribution in [1.82, 2.24) is 0 Å². The summed E-state index contributed by atoms with van der Waals surface area (Å²) < 4.78 is 64.9. The molecule has 8 heteroatoms. The quantitative estimate of drug-likeness (QED) is 0.647. The number of nitrogen functional groups attached to an aromatic ring is 1. The lowest BCUT2D eigenvalue weighted by molar-refractivity contribution is -0.137. The Hall–Kier alpha value is -1.44. The zero-order valence-corrected chi connectivity index (χ0v) is 11.7. The summed E-state index contributed by atoms with van der Waals surface area (Å²) in [5.74, 6) is 0.145. The second-order valence-corrected chi connectivity index (χ2v) is 6.66. The highest BCUT2D eigenvalue weighted by Gasteiger charge is 2.30. The van der Waals surface area contributed by atoms with Crippen LogP contribution in [-0.4, -0.2) is 26.5 Å². The minimum atomic E-state index is -4.46. The Morgan fingerprint density at radius 2 is 1.95 bits per heavy atom. The number of hydrogen-bond donors (Lipinski definition) is 1. The van der Waals surface area contributed by atoms with Gasteiger partial charge in [0.1, 0.15) is 15.6 Å². The van der Waals surface area contributed by atoms with Crippen LogP contribution in [0.5, 0.6) is 5.75 Å². The van der Waals surface area contributed by atoms with Crippen LogP contribution in [0.3, 0.4) is 0 Å². The summed E-state index contributed by atoms with van der Waals surface area (Å²) in [5, 5.41) is 0. The fraction of sp³-hybridized carbons (Fsp3) is 0.500. The Morgan fingerprint density at radius 3 is 2.45 bits per heavy atom. The van der Waals surface area contributed by atoms with E-state index in [2.05, 4.69) is 0 Å². The molecule has 0 unspecified atom stereocenters. The zero-order chi connectivity index (χ0) is 15.4. The molecule has 0 radical (unpaired) electrons. The summed E-state index contributed by atoms with van der Waals surface area (Å²) in [6.45, 7) is 1.62. The third-order valence-corrected chi connectivity index (χ3v) is 4.42. The Morgan fingerprint density at radius 1 is 1.30 bits per heavy atom. The molecule has 4 nitrogen and oxygen atoms in total. The monoisotopic (exact) mass is 311 g/mol. The summed E-state index contributed by atoms with van der Waals surface area (Å²) in [6.07, 6.45) is -4.20. The first-order valence-corrected chi connectivity index (χ1v) is 7.78. The first-order valence-electron chi connectivity index (χ1n) is 5.95. The molecule has 1 aromatic carbocycles. The Bertz CT molecular complexity index is 556. The first kappa shape index (κ1) is 16.6. The summed E-state index contributed by atoms with van der Waals surface area (Å²) in [4.78, 5) is 0. The van der Waals surface area contributed by atoms with Crippen molar-refractivity contribution in [1.29, 1.82) is 0 Å². The van der Waals surface area contributed by atoms with Gasteiger partial charge in [0, 0.05) is 5.75 Å². The molecule has 0 fully saturated rings. The van der Waals surface area contributed by atoms with Gasteiger partial charge in [0.25, 0.3) is 0 Å². The fourth-order valence-corrected chi connectivity index (χ4v) is 2.31. The maximum Gasteiger partial charge on any atom is 0.416 e. The number of halogens is 3. The van der Waals surface area contributed by atoms with Gasteiger partial charge in [-0.15, -0.1) is 0 Å². The Kier molecular flexibility index (Phi) is 5.27. The lowest BCUT2D eigenvalue weighted by Crippen LogP contribution is -2.12. The smallest absolute Gasteiger partial charge is 0.416 e. The van der Waals surface area contributed by atoms with E-state index in [4.69, 9.17) is 10.5 Å². The van der Waals surface area contributed by atoms with Crippen LogP contribution >= 0.6 is 0 Å². The van der Waals surface area contributed by atoms with Gasteiger partial charge in [-0.3, -0.25) is 0 Å². The minimum Gasteiger partial charge on any atom is -0.491 e. The molecule has 0 aliphatic rings. The second-order valence-electron chi connectivity index (χ2n) is 4.19. The molecule has 0 aliphatic carbocycles. The molecule has 0 atom stereocenters. The van der Waals surface area contributed by atoms with E-state index in [9.17, 15) is 21.6 Å². The van der Waals surface area contributed by atoms with Crippen LogP contribution in [0.4, 0.5) is 18.9 Å². The van der Waals surface area contributed by atoms with Crippen LogP contribution in [0.2, 0.25) is 0 Å². The lowest BCUT2D eigenvalue weighted by atomic mass is 10.2. The summed E-state index contributed by atoms with van der Waals surface area (Å²) in [6, 6.07) is 2.79. The molecule has 0 aliphatic heterocycles. The number of ether oxygens (including phenoxy) is 1. The third kappa shape index (κ3) is 4.92. The highest BCUT2D eigenvalue weighted by atomic mass is 32.2. The molecule has 0 heterocycles.